The van der Waals surface area contributed by atoms with E-state index in [0.717, 1.165) is 16.4 Å². The molecule has 2 aliphatic heterocycles. The molecule has 0 spiro atoms. The number of nitrogens with zero attached hydrogens (tertiary/aromatic N) is 3. The van der Waals surface area contributed by atoms with Gasteiger partial charge in [0, 0.05) is 16.3 Å². The van der Waals surface area contributed by atoms with Crippen LogP contribution in [0.1, 0.15) is 50.4 Å². The molecule has 1 atom stereocenters. The average molecular weight is 596 g/mol. The van der Waals surface area contributed by atoms with Gasteiger partial charge in [0.05, 0.1) is 41.8 Å². The van der Waals surface area contributed by atoms with Crippen molar-refractivity contribution in [3.05, 3.63) is 51.6 Å². The maximum absolute atomic E-state index is 14.4. The molecule has 10 heteroatoms. The van der Waals surface area contributed by atoms with E-state index in [1.165, 1.54) is 28.3 Å². The Morgan fingerprint density at radius 1 is 1.17 bits per heavy atom. The summed E-state index contributed by atoms with van der Waals surface area (Å²) in [4.78, 5) is 32.6. The molecule has 0 aliphatic carbocycles. The molecule has 2 aromatic rings. The molecule has 2 fully saturated rings. The van der Waals surface area contributed by atoms with Crippen LogP contribution in [-0.2, 0) is 0 Å². The van der Waals surface area contributed by atoms with Gasteiger partial charge in [0.2, 0.25) is 0 Å². The van der Waals surface area contributed by atoms with Crippen molar-refractivity contribution < 1.29 is 24.2 Å². The summed E-state index contributed by atoms with van der Waals surface area (Å²) in [7, 11) is 0. The summed E-state index contributed by atoms with van der Waals surface area (Å²) < 4.78 is 15.1. The minimum absolute atomic E-state index is 0.00649. The fourth-order valence-electron chi connectivity index (χ4n) is 5.77. The van der Waals surface area contributed by atoms with E-state index < -0.39 is 28.5 Å². The molecule has 3 N–H and O–H groups in total. The minimum Gasteiger partial charge on any atom is -0.465 e. The zero-order valence-electron chi connectivity index (χ0n) is 20.0. The van der Waals surface area contributed by atoms with Crippen LogP contribution in [-0.4, -0.2) is 67.8 Å². The molecule has 2 amide bonds. The standard InChI is InChI=1S/C25H30FIN4O4/c1-23(2,3)25(9-4-5-11-31(25)22(33)34)24(35)14-30(15-24)21(32)17-8-10-28-13-20(17)29-19-7-6-16(27)12-18(19)26/h6-8,10,12-13,29,35H,4-5,9,11,14-15H2,1-3H3,(H,33,34)/t25-/m0/s1. The number of benzene rings is 1. The summed E-state index contributed by atoms with van der Waals surface area (Å²) in [6.45, 7) is 6.19. The normalized spacial score (nSPS) is 21.9. The zero-order valence-corrected chi connectivity index (χ0v) is 22.2. The fraction of sp³-hybridized carbons (Fsp3) is 0.480. The fourth-order valence-corrected chi connectivity index (χ4v) is 6.23. The van der Waals surface area contributed by atoms with Gasteiger partial charge in [0.25, 0.3) is 5.91 Å². The lowest BCUT2D eigenvalue weighted by atomic mass is 9.56. The van der Waals surface area contributed by atoms with Gasteiger partial charge >= 0.3 is 6.09 Å². The lowest BCUT2D eigenvalue weighted by Crippen LogP contribution is -2.82. The molecule has 0 radical (unpaired) electrons. The highest BCUT2D eigenvalue weighted by Gasteiger charge is 2.67. The molecule has 4 rings (SSSR count). The molecule has 2 aliphatic rings. The molecule has 3 heterocycles. The van der Waals surface area contributed by atoms with Crippen LogP contribution < -0.4 is 5.32 Å². The number of nitrogens with one attached hydrogen (secondary N) is 1. The second-order valence-electron chi connectivity index (χ2n) is 10.4. The number of rotatable bonds is 4. The number of pyridine rings is 1. The molecular weight excluding hydrogens is 566 g/mol. The van der Waals surface area contributed by atoms with E-state index >= 15 is 0 Å². The van der Waals surface area contributed by atoms with Crippen molar-refractivity contribution in [2.45, 2.75) is 51.2 Å². The summed E-state index contributed by atoms with van der Waals surface area (Å²) in [5.74, 6) is -0.789. The Hall–Kier alpha value is -2.47. The molecule has 1 aromatic heterocycles. The summed E-state index contributed by atoms with van der Waals surface area (Å²) in [5.41, 5.74) is -2.10. The number of amides is 2. The molecule has 35 heavy (non-hydrogen) atoms. The van der Waals surface area contributed by atoms with E-state index in [9.17, 15) is 24.2 Å². The van der Waals surface area contributed by atoms with Crippen molar-refractivity contribution in [2.75, 3.05) is 25.0 Å². The SMILES string of the molecule is CC(C)(C)[C@]1(C2(O)CN(C(=O)c3ccncc3Nc3ccc(I)cc3F)C2)CCCCN1C(=O)O. The number of halogens is 2. The topological polar surface area (TPSA) is 106 Å². The monoisotopic (exact) mass is 596 g/mol. The van der Waals surface area contributed by atoms with Gasteiger partial charge in [0.15, 0.2) is 0 Å². The third-order valence-electron chi connectivity index (χ3n) is 7.32. The molecule has 188 valence electrons. The third kappa shape index (κ3) is 4.35. The largest absolute Gasteiger partial charge is 0.465 e. The number of hydrogen-bond acceptors (Lipinski definition) is 5. The van der Waals surface area contributed by atoms with Gasteiger partial charge in [-0.2, -0.15) is 0 Å². The van der Waals surface area contributed by atoms with Gasteiger partial charge in [-0.3, -0.25) is 14.7 Å². The molecule has 8 nitrogen and oxygen atoms in total. The van der Waals surface area contributed by atoms with Crippen LogP contribution in [0.4, 0.5) is 20.6 Å². The predicted molar refractivity (Wildman–Crippen MR) is 138 cm³/mol. The first kappa shape index (κ1) is 25.6. The average Bonchev–Trinajstić information content (AvgIpc) is 2.77. The van der Waals surface area contributed by atoms with Crippen molar-refractivity contribution in [2.24, 2.45) is 5.41 Å². The highest BCUT2D eigenvalue weighted by molar-refractivity contribution is 14.1. The number of piperidine rings is 1. The first-order valence-electron chi connectivity index (χ1n) is 11.6. The van der Waals surface area contributed by atoms with Crippen LogP contribution in [0.5, 0.6) is 0 Å². The number of carbonyl (C=O) groups is 2. The van der Waals surface area contributed by atoms with E-state index in [0.29, 0.717) is 24.2 Å². The molecule has 1 aromatic carbocycles. The second kappa shape index (κ2) is 9.20. The van der Waals surface area contributed by atoms with Gasteiger partial charge in [-0.1, -0.05) is 20.8 Å². The number of aromatic nitrogens is 1. The maximum Gasteiger partial charge on any atom is 0.407 e. The summed E-state index contributed by atoms with van der Waals surface area (Å²) in [6, 6.07) is 6.29. The van der Waals surface area contributed by atoms with Crippen LogP contribution >= 0.6 is 22.6 Å². The van der Waals surface area contributed by atoms with Gasteiger partial charge < -0.3 is 20.4 Å². The van der Waals surface area contributed by atoms with Crippen molar-refractivity contribution in [3.8, 4) is 0 Å². The van der Waals surface area contributed by atoms with Crippen LogP contribution in [0, 0.1) is 14.8 Å². The van der Waals surface area contributed by atoms with Gasteiger partial charge in [-0.05, 0) is 71.5 Å². The van der Waals surface area contributed by atoms with E-state index in [1.807, 2.05) is 43.4 Å². The second-order valence-corrected chi connectivity index (χ2v) is 11.6. The Labute approximate surface area is 217 Å². The first-order valence-corrected chi connectivity index (χ1v) is 12.7. The smallest absolute Gasteiger partial charge is 0.407 e. The summed E-state index contributed by atoms with van der Waals surface area (Å²) in [5, 5.41) is 24.7. The van der Waals surface area contributed by atoms with Gasteiger partial charge in [-0.15, -0.1) is 0 Å². The lowest BCUT2D eigenvalue weighted by Gasteiger charge is -2.66. The number of likely N-dealkylation sites (tertiary alicyclic amines) is 2. The Morgan fingerprint density at radius 2 is 1.89 bits per heavy atom. The van der Waals surface area contributed by atoms with Crippen LogP contribution in [0.25, 0.3) is 0 Å². The number of carboxylic acid groups (broad SMARTS) is 1. The van der Waals surface area contributed by atoms with Crippen molar-refractivity contribution in [1.82, 2.24) is 14.8 Å². The van der Waals surface area contributed by atoms with Crippen molar-refractivity contribution in [1.29, 1.82) is 0 Å². The summed E-state index contributed by atoms with van der Waals surface area (Å²) >= 11 is 2.02. The van der Waals surface area contributed by atoms with Gasteiger partial charge in [-0.25, -0.2) is 9.18 Å². The number of aliphatic hydroxyl groups is 1. The Balaban J connectivity index is 1.60. The Morgan fingerprint density at radius 3 is 2.51 bits per heavy atom. The molecule has 0 bridgehead atoms. The van der Waals surface area contributed by atoms with E-state index in [-0.39, 0.29) is 24.7 Å². The van der Waals surface area contributed by atoms with Crippen LogP contribution in [0.15, 0.2) is 36.7 Å². The predicted octanol–water partition coefficient (Wildman–Crippen LogP) is 4.70. The Kier molecular flexibility index (Phi) is 6.73. The van der Waals surface area contributed by atoms with Gasteiger partial charge in [0.1, 0.15) is 11.4 Å². The Bertz CT molecular complexity index is 1150. The van der Waals surface area contributed by atoms with Crippen LogP contribution in [0.2, 0.25) is 0 Å². The van der Waals surface area contributed by atoms with E-state index in [2.05, 4.69) is 10.3 Å². The van der Waals surface area contributed by atoms with Crippen molar-refractivity contribution >= 4 is 46.0 Å². The molecule has 0 saturated carbocycles. The highest BCUT2D eigenvalue weighted by atomic mass is 127. The lowest BCUT2D eigenvalue weighted by molar-refractivity contribution is -0.217. The quantitative estimate of drug-likeness (QED) is 0.442. The molecule has 0 unspecified atom stereocenters. The van der Waals surface area contributed by atoms with E-state index in [4.69, 9.17) is 0 Å². The number of hydrogen-bond donors (Lipinski definition) is 3. The van der Waals surface area contributed by atoms with Crippen LogP contribution in [0.3, 0.4) is 0 Å². The summed E-state index contributed by atoms with van der Waals surface area (Å²) in [6.07, 6.45) is 3.95. The van der Waals surface area contributed by atoms with Crippen molar-refractivity contribution in [3.63, 3.8) is 0 Å². The van der Waals surface area contributed by atoms with E-state index in [1.54, 1.807) is 18.2 Å². The molecular formula is C25H30FIN4O4. The number of β-amino-alcohol motifs (C(OH)–C–C–N with tert-alkyl or cyclic N) is 1. The maximum atomic E-state index is 14.4. The zero-order chi connectivity index (χ0) is 25.6. The first-order chi connectivity index (χ1) is 16.4. The molecule has 2 saturated heterocycles. The minimum atomic E-state index is -1.39. The number of anilines is 2. The highest BCUT2D eigenvalue weighted by Crippen LogP contribution is 2.52. The number of carbonyl (C=O) groups excluding carboxylic acids is 1. The third-order valence-corrected chi connectivity index (χ3v) is 7.99.